The van der Waals surface area contributed by atoms with Crippen LogP contribution < -0.4 is 10.6 Å². The number of aromatic nitrogens is 2. The van der Waals surface area contributed by atoms with Crippen LogP contribution in [-0.2, 0) is 10.3 Å². The zero-order chi connectivity index (χ0) is 17.0. The maximum Gasteiger partial charge on any atom is 0.248 e. The first-order chi connectivity index (χ1) is 11.6. The third kappa shape index (κ3) is 3.45. The summed E-state index contributed by atoms with van der Waals surface area (Å²) in [5, 5.41) is 21.3. The molecular formula is C17H21ClN4O2. The summed E-state index contributed by atoms with van der Waals surface area (Å²) in [5.41, 5.74) is -0.0238. The number of halogens is 1. The van der Waals surface area contributed by atoms with Crippen LogP contribution in [0.15, 0.2) is 42.7 Å². The molecule has 128 valence electrons. The third-order valence-corrected chi connectivity index (χ3v) is 4.72. The Morgan fingerprint density at radius 2 is 2.21 bits per heavy atom. The molecule has 7 heteroatoms. The average Bonchev–Trinajstić information content (AvgIpc) is 3.15. The minimum atomic E-state index is -0.802. The molecule has 1 aromatic carbocycles. The van der Waals surface area contributed by atoms with Gasteiger partial charge in [0.2, 0.25) is 5.91 Å². The topological polar surface area (TPSA) is 79.2 Å². The van der Waals surface area contributed by atoms with Crippen LogP contribution in [0.25, 0.3) is 0 Å². The van der Waals surface area contributed by atoms with E-state index in [0.717, 1.165) is 13.1 Å². The maximum absolute atomic E-state index is 12.9. The fourth-order valence-electron chi connectivity index (χ4n) is 3.11. The number of nitrogens with one attached hydrogen (secondary N) is 2. The van der Waals surface area contributed by atoms with Gasteiger partial charge in [-0.1, -0.05) is 23.7 Å². The Hall–Kier alpha value is -1.89. The number of amides is 1. The lowest BCUT2D eigenvalue weighted by atomic mass is 9.87. The molecule has 1 unspecified atom stereocenters. The van der Waals surface area contributed by atoms with Crippen LogP contribution in [0.4, 0.5) is 0 Å². The van der Waals surface area contributed by atoms with Crippen molar-refractivity contribution in [1.82, 2.24) is 20.4 Å². The molecule has 0 aliphatic carbocycles. The second-order valence-electron chi connectivity index (χ2n) is 6.01. The van der Waals surface area contributed by atoms with Crippen molar-refractivity contribution < 1.29 is 9.90 Å². The first-order valence-corrected chi connectivity index (χ1v) is 8.42. The van der Waals surface area contributed by atoms with Crippen molar-refractivity contribution in [2.24, 2.45) is 0 Å². The Morgan fingerprint density at radius 3 is 2.88 bits per heavy atom. The number of aliphatic hydroxyl groups is 1. The van der Waals surface area contributed by atoms with Crippen LogP contribution in [0.2, 0.25) is 5.02 Å². The maximum atomic E-state index is 12.9. The first-order valence-electron chi connectivity index (χ1n) is 8.04. The largest absolute Gasteiger partial charge is 0.387 e. The number of carbonyl (C=O) groups is 1. The van der Waals surface area contributed by atoms with Crippen molar-refractivity contribution in [2.75, 3.05) is 19.6 Å². The summed E-state index contributed by atoms with van der Waals surface area (Å²) in [6, 6.07) is 8.83. The van der Waals surface area contributed by atoms with E-state index in [0.29, 0.717) is 23.4 Å². The van der Waals surface area contributed by atoms with Gasteiger partial charge in [-0.25, -0.2) is 0 Å². The second-order valence-corrected chi connectivity index (χ2v) is 6.45. The molecule has 24 heavy (non-hydrogen) atoms. The van der Waals surface area contributed by atoms with Crippen LogP contribution in [0.5, 0.6) is 0 Å². The van der Waals surface area contributed by atoms with Gasteiger partial charge in [-0.05, 0) is 49.7 Å². The molecule has 6 nitrogen and oxygen atoms in total. The molecule has 0 spiro atoms. The van der Waals surface area contributed by atoms with Crippen LogP contribution in [0.3, 0.4) is 0 Å². The van der Waals surface area contributed by atoms with Gasteiger partial charge in [-0.3, -0.25) is 9.48 Å². The van der Waals surface area contributed by atoms with E-state index in [1.165, 1.54) is 0 Å². The molecule has 0 radical (unpaired) electrons. The molecule has 1 saturated heterocycles. The van der Waals surface area contributed by atoms with E-state index in [1.54, 1.807) is 35.1 Å². The number of hydrogen-bond donors (Lipinski definition) is 3. The number of piperidine rings is 1. The molecule has 1 aliphatic heterocycles. The molecule has 3 rings (SSSR count). The summed E-state index contributed by atoms with van der Waals surface area (Å²) in [7, 11) is 0. The van der Waals surface area contributed by atoms with E-state index in [4.69, 9.17) is 11.6 Å². The molecule has 1 atom stereocenters. The standard InChI is InChI=1S/C17H21ClN4O2/c18-14-4-1-3-13(11-14)15(23)12-20-16(24)17(5-8-19-9-6-17)22-10-2-7-21-22/h1-4,7,10-11,15,19,23H,5-6,8-9,12H2,(H,20,24). The number of carbonyl (C=O) groups excluding carboxylic acids is 1. The molecule has 0 bridgehead atoms. The summed E-state index contributed by atoms with van der Waals surface area (Å²) < 4.78 is 1.73. The molecule has 1 aromatic heterocycles. The molecule has 0 saturated carbocycles. The highest BCUT2D eigenvalue weighted by Gasteiger charge is 2.41. The number of benzene rings is 1. The van der Waals surface area contributed by atoms with Gasteiger partial charge in [-0.2, -0.15) is 5.10 Å². The number of nitrogens with zero attached hydrogens (tertiary/aromatic N) is 2. The summed E-state index contributed by atoms with van der Waals surface area (Å²) >= 11 is 5.95. The Kier molecular flexibility index (Phi) is 5.18. The smallest absolute Gasteiger partial charge is 0.248 e. The fraction of sp³-hybridized carbons (Fsp3) is 0.412. The highest BCUT2D eigenvalue weighted by atomic mass is 35.5. The van der Waals surface area contributed by atoms with Crippen LogP contribution in [-0.4, -0.2) is 40.4 Å². The van der Waals surface area contributed by atoms with Gasteiger partial charge in [0.15, 0.2) is 0 Å². The molecule has 2 heterocycles. The lowest BCUT2D eigenvalue weighted by Crippen LogP contribution is -2.55. The van der Waals surface area contributed by atoms with Crippen molar-refractivity contribution >= 4 is 17.5 Å². The predicted molar refractivity (Wildman–Crippen MR) is 91.7 cm³/mol. The molecule has 1 fully saturated rings. The lowest BCUT2D eigenvalue weighted by molar-refractivity contribution is -0.132. The van der Waals surface area contributed by atoms with E-state index in [1.807, 2.05) is 12.3 Å². The van der Waals surface area contributed by atoms with E-state index < -0.39 is 11.6 Å². The quantitative estimate of drug-likeness (QED) is 0.764. The van der Waals surface area contributed by atoms with Crippen molar-refractivity contribution in [3.05, 3.63) is 53.3 Å². The lowest BCUT2D eigenvalue weighted by Gasteiger charge is -2.36. The van der Waals surface area contributed by atoms with Gasteiger partial charge in [0.1, 0.15) is 5.54 Å². The zero-order valence-corrected chi connectivity index (χ0v) is 14.0. The van der Waals surface area contributed by atoms with Crippen molar-refractivity contribution in [1.29, 1.82) is 0 Å². The Bertz CT molecular complexity index is 684. The second kappa shape index (κ2) is 7.34. The Balaban J connectivity index is 1.70. The molecular weight excluding hydrogens is 328 g/mol. The Labute approximate surface area is 145 Å². The van der Waals surface area contributed by atoms with E-state index in [2.05, 4.69) is 15.7 Å². The normalized spacial score (nSPS) is 18.1. The van der Waals surface area contributed by atoms with E-state index in [-0.39, 0.29) is 12.5 Å². The molecule has 3 N–H and O–H groups in total. The molecule has 2 aromatic rings. The highest BCUT2D eigenvalue weighted by molar-refractivity contribution is 6.30. The van der Waals surface area contributed by atoms with Crippen LogP contribution >= 0.6 is 11.6 Å². The highest BCUT2D eigenvalue weighted by Crippen LogP contribution is 2.27. The minimum absolute atomic E-state index is 0.117. The molecule has 1 aliphatic rings. The summed E-state index contributed by atoms with van der Waals surface area (Å²) in [4.78, 5) is 12.9. The summed E-state index contributed by atoms with van der Waals surface area (Å²) in [6.07, 6.45) is 4.02. The van der Waals surface area contributed by atoms with Gasteiger partial charge < -0.3 is 15.7 Å². The number of hydrogen-bond acceptors (Lipinski definition) is 4. The SMILES string of the molecule is O=C(NCC(O)c1cccc(Cl)c1)C1(n2cccn2)CCNCC1. The summed E-state index contributed by atoms with van der Waals surface area (Å²) in [5.74, 6) is -0.117. The van der Waals surface area contributed by atoms with Gasteiger partial charge in [0, 0.05) is 24.0 Å². The average molecular weight is 349 g/mol. The van der Waals surface area contributed by atoms with Crippen molar-refractivity contribution in [2.45, 2.75) is 24.5 Å². The van der Waals surface area contributed by atoms with E-state index in [9.17, 15) is 9.90 Å². The zero-order valence-electron chi connectivity index (χ0n) is 13.3. The van der Waals surface area contributed by atoms with Crippen molar-refractivity contribution in [3.63, 3.8) is 0 Å². The van der Waals surface area contributed by atoms with Crippen LogP contribution in [0.1, 0.15) is 24.5 Å². The Morgan fingerprint density at radius 1 is 1.42 bits per heavy atom. The van der Waals surface area contributed by atoms with Gasteiger partial charge in [-0.15, -0.1) is 0 Å². The van der Waals surface area contributed by atoms with Gasteiger partial charge in [0.05, 0.1) is 6.10 Å². The predicted octanol–water partition coefficient (Wildman–Crippen LogP) is 1.46. The minimum Gasteiger partial charge on any atom is -0.387 e. The first kappa shape index (κ1) is 17.0. The van der Waals surface area contributed by atoms with Crippen molar-refractivity contribution in [3.8, 4) is 0 Å². The monoisotopic (exact) mass is 348 g/mol. The number of aliphatic hydroxyl groups excluding tert-OH is 1. The summed E-state index contributed by atoms with van der Waals surface area (Å²) in [6.45, 7) is 1.64. The van der Waals surface area contributed by atoms with E-state index >= 15 is 0 Å². The third-order valence-electron chi connectivity index (χ3n) is 4.49. The molecule has 1 amide bonds. The fourth-order valence-corrected chi connectivity index (χ4v) is 3.31. The van der Waals surface area contributed by atoms with Gasteiger partial charge >= 0.3 is 0 Å². The van der Waals surface area contributed by atoms with Crippen LogP contribution in [0, 0.1) is 0 Å². The number of rotatable bonds is 5. The van der Waals surface area contributed by atoms with Gasteiger partial charge in [0.25, 0.3) is 0 Å².